The normalized spacial score (nSPS) is 11.6. The second kappa shape index (κ2) is 10.8. The van der Waals surface area contributed by atoms with Crippen LogP contribution < -0.4 is 11.1 Å². The molecule has 0 aliphatic carbocycles. The number of nitrogens with one attached hydrogen (secondary N) is 1. The smallest absolute Gasteiger partial charge is 0.193 e. The van der Waals surface area contributed by atoms with Gasteiger partial charge in [-0.1, -0.05) is 18.2 Å². The molecule has 6 heteroatoms. The number of para-hydroxylation sites is 1. The molecule has 0 heterocycles. The molecule has 5 nitrogen and oxygen atoms in total. The fourth-order valence-corrected chi connectivity index (χ4v) is 1.69. The van der Waals surface area contributed by atoms with Crippen molar-refractivity contribution in [3.63, 3.8) is 0 Å². The minimum Gasteiger partial charge on any atom is -0.380 e. The van der Waals surface area contributed by atoms with Crippen molar-refractivity contribution >= 4 is 35.6 Å². The zero-order valence-electron chi connectivity index (χ0n) is 13.3. The molecule has 0 fully saturated rings. The molecular formula is C15H27IN4O. The maximum Gasteiger partial charge on any atom is 0.193 e. The van der Waals surface area contributed by atoms with E-state index < -0.39 is 0 Å². The van der Waals surface area contributed by atoms with Gasteiger partial charge in [-0.3, -0.25) is 4.99 Å². The molecule has 0 spiro atoms. The maximum atomic E-state index is 5.91. The van der Waals surface area contributed by atoms with E-state index in [4.69, 9.17) is 10.5 Å². The van der Waals surface area contributed by atoms with Crippen molar-refractivity contribution in [3.05, 3.63) is 29.8 Å². The van der Waals surface area contributed by atoms with Crippen LogP contribution in [0.15, 0.2) is 29.3 Å². The van der Waals surface area contributed by atoms with Gasteiger partial charge in [0.1, 0.15) is 0 Å². The summed E-state index contributed by atoms with van der Waals surface area (Å²) in [6, 6.07) is 8.43. The molecular weight excluding hydrogens is 379 g/mol. The Morgan fingerprint density at radius 3 is 2.67 bits per heavy atom. The lowest BCUT2D eigenvalue weighted by atomic mass is 10.2. The van der Waals surface area contributed by atoms with Gasteiger partial charge in [-0.05, 0) is 27.0 Å². The summed E-state index contributed by atoms with van der Waals surface area (Å²) in [6.07, 6.45) is 0. The lowest BCUT2D eigenvalue weighted by molar-refractivity contribution is 0.185. The van der Waals surface area contributed by atoms with E-state index in [9.17, 15) is 0 Å². The molecule has 3 N–H and O–H groups in total. The van der Waals surface area contributed by atoms with Gasteiger partial charge in [0, 0.05) is 30.9 Å². The first kappa shape index (κ1) is 20.1. The second-order valence-corrected chi connectivity index (χ2v) is 5.06. The van der Waals surface area contributed by atoms with Gasteiger partial charge in [0.2, 0.25) is 0 Å². The van der Waals surface area contributed by atoms with Gasteiger partial charge in [0.15, 0.2) is 5.96 Å². The summed E-state index contributed by atoms with van der Waals surface area (Å²) in [5.41, 5.74) is 7.91. The minimum absolute atomic E-state index is 0. The third-order valence-electron chi connectivity index (χ3n) is 3.20. The van der Waals surface area contributed by atoms with E-state index in [0.29, 0.717) is 25.2 Å². The predicted octanol–water partition coefficient (Wildman–Crippen LogP) is 2.52. The van der Waals surface area contributed by atoms with Crippen molar-refractivity contribution in [1.29, 1.82) is 0 Å². The van der Waals surface area contributed by atoms with Crippen molar-refractivity contribution in [2.45, 2.75) is 26.5 Å². The highest BCUT2D eigenvalue weighted by Crippen LogP contribution is 2.15. The molecule has 0 aliphatic rings. The molecule has 1 rings (SSSR count). The zero-order chi connectivity index (χ0) is 15.0. The zero-order valence-corrected chi connectivity index (χ0v) is 15.6. The van der Waals surface area contributed by atoms with Crippen molar-refractivity contribution in [2.24, 2.45) is 10.7 Å². The number of anilines is 1. The molecule has 0 bridgehead atoms. The molecule has 0 radical (unpaired) electrons. The Morgan fingerprint density at radius 1 is 1.38 bits per heavy atom. The van der Waals surface area contributed by atoms with Gasteiger partial charge in [-0.25, -0.2) is 0 Å². The average Bonchev–Trinajstić information content (AvgIpc) is 2.41. The summed E-state index contributed by atoms with van der Waals surface area (Å²) in [5.74, 6) is 0.436. The van der Waals surface area contributed by atoms with Gasteiger partial charge >= 0.3 is 0 Å². The maximum absolute atomic E-state index is 5.91. The standard InChI is InChI=1S/C15H26N4O.HI/c1-12(2)19(3)10-9-17-15(16)18-14-8-6-5-7-13(14)11-20-4;/h5-8,12H,9-11H2,1-4H3,(H3,16,17,18);1H. The molecule has 0 saturated heterocycles. The number of hydrogen-bond acceptors (Lipinski definition) is 3. The summed E-state index contributed by atoms with van der Waals surface area (Å²) in [4.78, 5) is 6.58. The van der Waals surface area contributed by atoms with Crippen LogP contribution in [0.4, 0.5) is 5.69 Å². The largest absolute Gasteiger partial charge is 0.380 e. The number of nitrogens with two attached hydrogens (primary N) is 1. The number of nitrogens with zero attached hydrogens (tertiary/aromatic N) is 2. The first-order valence-electron chi connectivity index (χ1n) is 6.88. The molecule has 0 aromatic heterocycles. The van der Waals surface area contributed by atoms with Gasteiger partial charge < -0.3 is 20.7 Å². The summed E-state index contributed by atoms with van der Waals surface area (Å²) in [6.45, 7) is 6.44. The highest BCUT2D eigenvalue weighted by molar-refractivity contribution is 14.0. The number of aliphatic imine (C=N–C) groups is 1. The fourth-order valence-electron chi connectivity index (χ4n) is 1.69. The number of hydrogen-bond donors (Lipinski definition) is 2. The third kappa shape index (κ3) is 7.63. The number of guanidine groups is 1. The number of likely N-dealkylation sites (N-methyl/N-ethyl adjacent to an activating group) is 1. The van der Waals surface area contributed by atoms with Gasteiger partial charge in [-0.2, -0.15) is 0 Å². The minimum atomic E-state index is 0. The number of benzene rings is 1. The van der Waals surface area contributed by atoms with Gasteiger partial charge in [-0.15, -0.1) is 24.0 Å². The first-order valence-corrected chi connectivity index (χ1v) is 6.88. The van der Waals surface area contributed by atoms with Crippen LogP contribution in [0.1, 0.15) is 19.4 Å². The van der Waals surface area contributed by atoms with E-state index in [0.717, 1.165) is 17.8 Å². The van der Waals surface area contributed by atoms with E-state index in [1.54, 1.807) is 7.11 Å². The second-order valence-electron chi connectivity index (χ2n) is 5.06. The van der Waals surface area contributed by atoms with Gasteiger partial charge in [0.05, 0.1) is 13.2 Å². The van der Waals surface area contributed by atoms with Crippen LogP contribution in [-0.4, -0.2) is 44.1 Å². The molecule has 1 aromatic carbocycles. The summed E-state index contributed by atoms with van der Waals surface area (Å²) >= 11 is 0. The Balaban J connectivity index is 0.00000400. The highest BCUT2D eigenvalue weighted by atomic mass is 127. The SMILES string of the molecule is COCc1ccccc1NC(N)=NCCN(C)C(C)C.I. The van der Waals surface area contributed by atoms with Crippen LogP contribution in [0.3, 0.4) is 0 Å². The summed E-state index contributed by atoms with van der Waals surface area (Å²) < 4.78 is 5.16. The van der Waals surface area contributed by atoms with Crippen LogP contribution in [0, 0.1) is 0 Å². The van der Waals surface area contributed by atoms with Crippen molar-refractivity contribution in [1.82, 2.24) is 4.90 Å². The average molecular weight is 406 g/mol. The summed E-state index contributed by atoms with van der Waals surface area (Å²) in [5, 5.41) is 3.13. The number of methoxy groups -OCH3 is 1. The number of ether oxygens (including phenoxy) is 1. The Labute approximate surface area is 145 Å². The molecule has 0 aliphatic heterocycles. The molecule has 0 atom stereocenters. The van der Waals surface area contributed by atoms with Crippen LogP contribution in [0.5, 0.6) is 0 Å². The Hall–Kier alpha value is -0.860. The van der Waals surface area contributed by atoms with Gasteiger partial charge in [0.25, 0.3) is 0 Å². The number of halogens is 1. The van der Waals surface area contributed by atoms with Crippen LogP contribution in [-0.2, 0) is 11.3 Å². The molecule has 1 aromatic rings. The van der Waals surface area contributed by atoms with Crippen LogP contribution >= 0.6 is 24.0 Å². The molecule has 0 saturated carbocycles. The lowest BCUT2D eigenvalue weighted by Crippen LogP contribution is -2.30. The quantitative estimate of drug-likeness (QED) is 0.415. The molecule has 0 amide bonds. The van der Waals surface area contributed by atoms with Crippen LogP contribution in [0.2, 0.25) is 0 Å². The Morgan fingerprint density at radius 2 is 2.05 bits per heavy atom. The monoisotopic (exact) mass is 406 g/mol. The topological polar surface area (TPSA) is 62.9 Å². The van der Waals surface area contributed by atoms with E-state index in [1.165, 1.54) is 0 Å². The Kier molecular flexibility index (Phi) is 10.4. The van der Waals surface area contributed by atoms with Crippen LogP contribution in [0.25, 0.3) is 0 Å². The third-order valence-corrected chi connectivity index (χ3v) is 3.20. The Bertz CT molecular complexity index is 437. The first-order chi connectivity index (χ1) is 9.54. The van der Waals surface area contributed by atoms with E-state index in [1.807, 2.05) is 24.3 Å². The van der Waals surface area contributed by atoms with Crippen molar-refractivity contribution in [2.75, 3.05) is 32.6 Å². The van der Waals surface area contributed by atoms with Crippen molar-refractivity contribution < 1.29 is 4.74 Å². The van der Waals surface area contributed by atoms with Crippen molar-refractivity contribution in [3.8, 4) is 0 Å². The molecule has 0 unspecified atom stereocenters. The lowest BCUT2D eigenvalue weighted by Gasteiger charge is -2.19. The fraction of sp³-hybridized carbons (Fsp3) is 0.533. The summed E-state index contributed by atoms with van der Waals surface area (Å²) in [7, 11) is 3.76. The number of rotatable bonds is 7. The molecule has 21 heavy (non-hydrogen) atoms. The predicted molar refractivity (Wildman–Crippen MR) is 100 cm³/mol. The molecule has 120 valence electrons. The highest BCUT2D eigenvalue weighted by Gasteiger charge is 2.03. The van der Waals surface area contributed by atoms with E-state index in [2.05, 4.69) is 36.1 Å². The van der Waals surface area contributed by atoms with E-state index >= 15 is 0 Å². The van der Waals surface area contributed by atoms with E-state index in [-0.39, 0.29) is 24.0 Å².